The van der Waals surface area contributed by atoms with Crippen molar-refractivity contribution in [2.45, 2.75) is 6.10 Å². The van der Waals surface area contributed by atoms with E-state index in [9.17, 15) is 9.59 Å². The third kappa shape index (κ3) is 3.37. The second-order valence-corrected chi connectivity index (χ2v) is 5.01. The molecule has 23 heavy (non-hydrogen) atoms. The van der Waals surface area contributed by atoms with Crippen LogP contribution in [-0.2, 0) is 4.74 Å². The van der Waals surface area contributed by atoms with E-state index in [4.69, 9.17) is 4.74 Å². The van der Waals surface area contributed by atoms with Crippen LogP contribution in [0.3, 0.4) is 0 Å². The van der Waals surface area contributed by atoms with Crippen LogP contribution in [-0.4, -0.2) is 16.7 Å². The fourth-order valence-corrected chi connectivity index (χ4v) is 2.28. The van der Waals surface area contributed by atoms with Gasteiger partial charge in [-0.15, -0.1) is 0 Å². The van der Waals surface area contributed by atoms with Crippen LogP contribution in [0.25, 0.3) is 0 Å². The Morgan fingerprint density at radius 2 is 1.48 bits per heavy atom. The number of H-pyrrole nitrogens is 1. The molecule has 0 amide bonds. The fraction of sp³-hybridized carbons (Fsp3) is 0.0526. The molecule has 4 heteroatoms. The molecule has 0 aliphatic carbocycles. The summed E-state index contributed by atoms with van der Waals surface area (Å²) in [6.07, 6.45) is 0.655. The standard InChI is InChI=1S/C19H15NO3/c21-17(14-8-3-1-4-9-14)18(15-10-5-2-6-11-15)23-19(22)16-12-7-13-20-16/h1-13,18,20H/t18-/m1/s1. The van der Waals surface area contributed by atoms with Gasteiger partial charge in [0.25, 0.3) is 0 Å². The zero-order valence-corrected chi connectivity index (χ0v) is 12.3. The van der Waals surface area contributed by atoms with E-state index in [2.05, 4.69) is 4.98 Å². The van der Waals surface area contributed by atoms with Gasteiger partial charge in [-0.25, -0.2) is 4.79 Å². The minimum absolute atomic E-state index is 0.253. The number of hydrogen-bond donors (Lipinski definition) is 1. The normalized spacial score (nSPS) is 11.7. The molecule has 3 aromatic rings. The van der Waals surface area contributed by atoms with Gasteiger partial charge in [0.2, 0.25) is 5.78 Å². The number of Topliss-reactive ketones (excluding diaryl/α,β-unsaturated/α-hetero) is 1. The van der Waals surface area contributed by atoms with Crippen molar-refractivity contribution >= 4 is 11.8 Å². The molecule has 0 bridgehead atoms. The van der Waals surface area contributed by atoms with Crippen LogP contribution in [0.1, 0.15) is 32.5 Å². The molecular weight excluding hydrogens is 290 g/mol. The number of ether oxygens (including phenoxy) is 1. The second kappa shape index (κ2) is 6.75. The van der Waals surface area contributed by atoms with Gasteiger partial charge in [0.1, 0.15) is 5.69 Å². The zero-order chi connectivity index (χ0) is 16.1. The van der Waals surface area contributed by atoms with Gasteiger partial charge in [-0.2, -0.15) is 0 Å². The van der Waals surface area contributed by atoms with Gasteiger partial charge in [0.15, 0.2) is 6.10 Å². The van der Waals surface area contributed by atoms with Crippen LogP contribution in [0.15, 0.2) is 79.0 Å². The predicted octanol–water partition coefficient (Wildman–Crippen LogP) is 3.80. The van der Waals surface area contributed by atoms with Crippen LogP contribution in [0.2, 0.25) is 0 Å². The van der Waals surface area contributed by atoms with Crippen molar-refractivity contribution in [3.63, 3.8) is 0 Å². The van der Waals surface area contributed by atoms with Gasteiger partial charge < -0.3 is 9.72 Å². The molecule has 1 atom stereocenters. The van der Waals surface area contributed by atoms with E-state index < -0.39 is 12.1 Å². The van der Waals surface area contributed by atoms with E-state index >= 15 is 0 Å². The number of aromatic amines is 1. The Bertz CT molecular complexity index is 780. The Labute approximate surface area is 133 Å². The highest BCUT2D eigenvalue weighted by atomic mass is 16.5. The lowest BCUT2D eigenvalue weighted by Crippen LogP contribution is -2.20. The third-order valence-corrected chi connectivity index (χ3v) is 3.44. The molecule has 0 spiro atoms. The Kier molecular flexibility index (Phi) is 4.34. The molecule has 4 nitrogen and oxygen atoms in total. The first-order chi connectivity index (χ1) is 11.3. The van der Waals surface area contributed by atoms with Gasteiger partial charge in [-0.3, -0.25) is 4.79 Å². The summed E-state index contributed by atoms with van der Waals surface area (Å²) in [4.78, 5) is 27.8. The molecule has 3 rings (SSSR count). The summed E-state index contributed by atoms with van der Waals surface area (Å²) in [5.41, 5.74) is 1.45. The minimum Gasteiger partial charge on any atom is -0.444 e. The molecule has 0 saturated carbocycles. The van der Waals surface area contributed by atoms with Gasteiger partial charge >= 0.3 is 5.97 Å². The smallest absolute Gasteiger partial charge is 0.355 e. The lowest BCUT2D eigenvalue weighted by molar-refractivity contribution is 0.0275. The first-order valence-electron chi connectivity index (χ1n) is 7.24. The van der Waals surface area contributed by atoms with Gasteiger partial charge in [0.05, 0.1) is 0 Å². The summed E-state index contributed by atoms with van der Waals surface area (Å²) in [7, 11) is 0. The van der Waals surface area contributed by atoms with Crippen molar-refractivity contribution in [2.75, 3.05) is 0 Å². The molecule has 1 heterocycles. The molecule has 0 aliphatic heterocycles. The van der Waals surface area contributed by atoms with Crippen molar-refractivity contribution in [1.82, 2.24) is 4.98 Å². The summed E-state index contributed by atoms with van der Waals surface area (Å²) in [6.45, 7) is 0. The third-order valence-electron chi connectivity index (χ3n) is 3.44. The molecule has 0 fully saturated rings. The Balaban J connectivity index is 1.91. The Morgan fingerprint density at radius 1 is 0.826 bits per heavy atom. The van der Waals surface area contributed by atoms with Crippen molar-refractivity contribution in [2.24, 2.45) is 0 Å². The highest BCUT2D eigenvalue weighted by Crippen LogP contribution is 2.23. The average Bonchev–Trinajstić information content (AvgIpc) is 3.15. The first-order valence-corrected chi connectivity index (χ1v) is 7.24. The SMILES string of the molecule is O=C(O[C@@H](C(=O)c1ccccc1)c1ccccc1)c1ccc[nH]1. The maximum atomic E-state index is 12.8. The molecule has 2 aromatic carbocycles. The summed E-state index contributed by atoms with van der Waals surface area (Å²) < 4.78 is 5.48. The van der Waals surface area contributed by atoms with E-state index in [-0.39, 0.29) is 5.78 Å². The second-order valence-electron chi connectivity index (χ2n) is 5.01. The lowest BCUT2D eigenvalue weighted by atomic mass is 10.00. The molecule has 0 aliphatic rings. The molecule has 0 unspecified atom stereocenters. The number of aromatic nitrogens is 1. The summed E-state index contributed by atoms with van der Waals surface area (Å²) in [5.74, 6) is -0.815. The highest BCUT2D eigenvalue weighted by Gasteiger charge is 2.26. The number of rotatable bonds is 5. The highest BCUT2D eigenvalue weighted by molar-refractivity contribution is 6.01. The molecule has 114 valence electrons. The van der Waals surface area contributed by atoms with Gasteiger partial charge in [-0.05, 0) is 12.1 Å². The monoisotopic (exact) mass is 305 g/mol. The quantitative estimate of drug-likeness (QED) is 0.576. The Hall–Kier alpha value is -3.14. The lowest BCUT2D eigenvalue weighted by Gasteiger charge is -2.17. The van der Waals surface area contributed by atoms with E-state index in [1.165, 1.54) is 0 Å². The van der Waals surface area contributed by atoms with E-state index in [1.807, 2.05) is 24.3 Å². The number of carbonyl (C=O) groups excluding carboxylic acids is 2. The molecular formula is C19H15NO3. The van der Waals surface area contributed by atoms with Crippen LogP contribution < -0.4 is 0 Å². The van der Waals surface area contributed by atoms with E-state index in [0.717, 1.165) is 0 Å². The number of nitrogens with one attached hydrogen (secondary N) is 1. The molecule has 0 saturated heterocycles. The molecule has 1 aromatic heterocycles. The number of hydrogen-bond acceptors (Lipinski definition) is 3. The topological polar surface area (TPSA) is 59.2 Å². The summed E-state index contributed by atoms with van der Waals surface area (Å²) in [5, 5.41) is 0. The summed E-state index contributed by atoms with van der Waals surface area (Å²) in [6, 6.07) is 21.1. The van der Waals surface area contributed by atoms with Crippen molar-refractivity contribution in [1.29, 1.82) is 0 Å². The summed E-state index contributed by atoms with van der Waals surface area (Å²) >= 11 is 0. The predicted molar refractivity (Wildman–Crippen MR) is 86.2 cm³/mol. The maximum absolute atomic E-state index is 12.8. The zero-order valence-electron chi connectivity index (χ0n) is 12.3. The van der Waals surface area contributed by atoms with Crippen molar-refractivity contribution in [3.05, 3.63) is 95.8 Å². The van der Waals surface area contributed by atoms with Crippen molar-refractivity contribution in [3.8, 4) is 0 Å². The van der Waals surface area contributed by atoms with Crippen LogP contribution >= 0.6 is 0 Å². The molecule has 1 N–H and O–H groups in total. The van der Waals surface area contributed by atoms with Crippen molar-refractivity contribution < 1.29 is 14.3 Å². The van der Waals surface area contributed by atoms with E-state index in [0.29, 0.717) is 16.8 Å². The maximum Gasteiger partial charge on any atom is 0.355 e. The number of ketones is 1. The van der Waals surface area contributed by atoms with Crippen LogP contribution in [0, 0.1) is 0 Å². The first kappa shape index (κ1) is 14.8. The number of esters is 1. The van der Waals surface area contributed by atoms with Crippen LogP contribution in [0.5, 0.6) is 0 Å². The average molecular weight is 305 g/mol. The van der Waals surface area contributed by atoms with Gasteiger partial charge in [-0.1, -0.05) is 60.7 Å². The Morgan fingerprint density at radius 3 is 2.09 bits per heavy atom. The van der Waals surface area contributed by atoms with Crippen LogP contribution in [0.4, 0.5) is 0 Å². The largest absolute Gasteiger partial charge is 0.444 e. The van der Waals surface area contributed by atoms with Gasteiger partial charge in [0, 0.05) is 17.3 Å². The minimum atomic E-state index is -0.977. The number of carbonyl (C=O) groups is 2. The van der Waals surface area contributed by atoms with E-state index in [1.54, 1.807) is 54.7 Å². The fourth-order valence-electron chi connectivity index (χ4n) is 2.28. The molecule has 0 radical (unpaired) electrons. The number of benzene rings is 2.